The highest BCUT2D eigenvalue weighted by Gasteiger charge is 2.18. The number of thiol groups is 1. The lowest BCUT2D eigenvalue weighted by Crippen LogP contribution is -2.50. The zero-order chi connectivity index (χ0) is 11.8. The van der Waals surface area contributed by atoms with Crippen LogP contribution < -0.4 is 10.6 Å². The van der Waals surface area contributed by atoms with Crippen LogP contribution >= 0.6 is 24.4 Å². The summed E-state index contributed by atoms with van der Waals surface area (Å²) in [5.41, 5.74) is 0. The van der Waals surface area contributed by atoms with Gasteiger partial charge in [-0.15, -0.1) is 0 Å². The van der Waals surface area contributed by atoms with Gasteiger partial charge in [-0.1, -0.05) is 0 Å². The monoisotopic (exact) mass is 250 g/mol. The third-order valence-electron chi connectivity index (χ3n) is 1.68. The number of hydrogen-bond donors (Lipinski definition) is 3. The predicted octanol–water partition coefficient (Wildman–Crippen LogP) is 0.289. The molecule has 2 amide bonds. The molecule has 88 valence electrons. The lowest BCUT2D eigenvalue weighted by atomic mass is 10.2. The van der Waals surface area contributed by atoms with E-state index in [2.05, 4.69) is 23.3 Å². The molecule has 0 fully saturated rings. The summed E-state index contributed by atoms with van der Waals surface area (Å²) >= 11 is 5.69. The van der Waals surface area contributed by atoms with Crippen molar-refractivity contribution in [1.82, 2.24) is 10.6 Å². The lowest BCUT2D eigenvalue weighted by molar-refractivity contribution is -0.127. The predicted molar refractivity (Wildman–Crippen MR) is 67.4 cm³/mol. The second-order valence-corrected chi connectivity index (χ2v) is 4.58. The standard InChI is InChI=1S/C9H18N2O2S2/c1-6(5-15-3)10-9(13)8(4-14)11-7(2)12/h6,8,14H,4-5H2,1-3H3,(H,10,13)(H,11,12). The van der Waals surface area contributed by atoms with Crippen LogP contribution in [0.1, 0.15) is 13.8 Å². The smallest absolute Gasteiger partial charge is 0.243 e. The van der Waals surface area contributed by atoms with Crippen LogP contribution in [0.2, 0.25) is 0 Å². The van der Waals surface area contributed by atoms with E-state index in [1.165, 1.54) is 6.92 Å². The number of amides is 2. The SMILES string of the molecule is CSCC(C)NC(=O)C(CS)NC(C)=O. The highest BCUT2D eigenvalue weighted by molar-refractivity contribution is 7.98. The summed E-state index contributed by atoms with van der Waals surface area (Å²) in [6, 6.07) is -0.446. The lowest BCUT2D eigenvalue weighted by Gasteiger charge is -2.18. The van der Waals surface area contributed by atoms with Crippen molar-refractivity contribution < 1.29 is 9.59 Å². The fourth-order valence-electron chi connectivity index (χ4n) is 1.07. The number of rotatable bonds is 6. The molecule has 0 saturated heterocycles. The Bertz CT molecular complexity index is 224. The molecule has 0 aromatic heterocycles. The van der Waals surface area contributed by atoms with Crippen LogP contribution in [0.25, 0.3) is 0 Å². The van der Waals surface area contributed by atoms with E-state index in [0.29, 0.717) is 5.75 Å². The minimum absolute atomic E-state index is 0.101. The number of carbonyl (C=O) groups excluding carboxylic acids is 2. The van der Waals surface area contributed by atoms with Crippen molar-refractivity contribution in [2.24, 2.45) is 0 Å². The Hall–Kier alpha value is -0.360. The van der Waals surface area contributed by atoms with Crippen LogP contribution in [0.3, 0.4) is 0 Å². The van der Waals surface area contributed by atoms with Crippen LogP contribution in [0.5, 0.6) is 0 Å². The van der Waals surface area contributed by atoms with Gasteiger partial charge in [-0.05, 0) is 13.2 Å². The Morgan fingerprint density at radius 2 is 2.00 bits per heavy atom. The van der Waals surface area contributed by atoms with Crippen LogP contribution in [-0.4, -0.2) is 41.7 Å². The van der Waals surface area contributed by atoms with Crippen molar-refractivity contribution in [2.45, 2.75) is 25.9 Å². The molecule has 0 rings (SSSR count). The molecular weight excluding hydrogens is 232 g/mol. The molecule has 4 nitrogen and oxygen atoms in total. The highest BCUT2D eigenvalue weighted by atomic mass is 32.2. The summed E-state index contributed by atoms with van der Waals surface area (Å²) in [5, 5.41) is 5.36. The zero-order valence-corrected chi connectivity index (χ0v) is 11.0. The summed E-state index contributed by atoms with van der Waals surface area (Å²) in [6.07, 6.45) is 1.98. The first kappa shape index (κ1) is 14.6. The van der Waals surface area contributed by atoms with Gasteiger partial charge in [-0.3, -0.25) is 9.59 Å². The maximum Gasteiger partial charge on any atom is 0.243 e. The third kappa shape index (κ3) is 6.67. The minimum atomic E-state index is -0.546. The zero-order valence-electron chi connectivity index (χ0n) is 9.24. The van der Waals surface area contributed by atoms with Crippen LogP contribution in [0, 0.1) is 0 Å². The van der Waals surface area contributed by atoms with Gasteiger partial charge in [0.2, 0.25) is 11.8 Å². The molecule has 0 aromatic rings. The maximum absolute atomic E-state index is 11.6. The number of hydrogen-bond acceptors (Lipinski definition) is 4. The van der Waals surface area contributed by atoms with Gasteiger partial charge >= 0.3 is 0 Å². The van der Waals surface area contributed by atoms with Gasteiger partial charge in [-0.2, -0.15) is 24.4 Å². The van der Waals surface area contributed by atoms with E-state index in [0.717, 1.165) is 5.75 Å². The van der Waals surface area contributed by atoms with Crippen molar-refractivity contribution in [2.75, 3.05) is 17.8 Å². The molecule has 0 aliphatic rings. The van der Waals surface area contributed by atoms with Gasteiger partial charge in [0.1, 0.15) is 6.04 Å². The summed E-state index contributed by atoms with van der Waals surface area (Å²) in [5.74, 6) is 0.756. The van der Waals surface area contributed by atoms with Crippen molar-refractivity contribution in [3.05, 3.63) is 0 Å². The van der Waals surface area contributed by atoms with Crippen molar-refractivity contribution in [3.8, 4) is 0 Å². The Kier molecular flexibility index (Phi) is 7.68. The molecule has 0 spiro atoms. The van der Waals surface area contributed by atoms with Gasteiger partial charge in [0, 0.05) is 24.5 Å². The van der Waals surface area contributed by atoms with Crippen molar-refractivity contribution >= 4 is 36.2 Å². The molecule has 6 heteroatoms. The molecule has 0 aromatic carbocycles. The van der Waals surface area contributed by atoms with Gasteiger partial charge < -0.3 is 10.6 Å². The Balaban J connectivity index is 4.09. The Labute approximate surface area is 100 Å². The minimum Gasteiger partial charge on any atom is -0.351 e. The fraction of sp³-hybridized carbons (Fsp3) is 0.778. The molecule has 15 heavy (non-hydrogen) atoms. The van der Waals surface area contributed by atoms with E-state index >= 15 is 0 Å². The van der Waals surface area contributed by atoms with E-state index in [1.54, 1.807) is 11.8 Å². The first-order valence-electron chi connectivity index (χ1n) is 4.68. The van der Waals surface area contributed by atoms with Crippen molar-refractivity contribution in [3.63, 3.8) is 0 Å². The van der Waals surface area contributed by atoms with Crippen LogP contribution in [-0.2, 0) is 9.59 Å². The molecule has 0 bridgehead atoms. The number of nitrogens with one attached hydrogen (secondary N) is 2. The third-order valence-corrected chi connectivity index (χ3v) is 2.88. The van der Waals surface area contributed by atoms with Gasteiger partial charge in [0.05, 0.1) is 0 Å². The largest absolute Gasteiger partial charge is 0.351 e. The maximum atomic E-state index is 11.6. The topological polar surface area (TPSA) is 58.2 Å². The van der Waals surface area contributed by atoms with Gasteiger partial charge in [0.25, 0.3) is 0 Å². The van der Waals surface area contributed by atoms with E-state index in [-0.39, 0.29) is 17.9 Å². The summed E-state index contributed by atoms with van der Waals surface area (Å²) in [7, 11) is 0. The second-order valence-electron chi connectivity index (χ2n) is 3.30. The summed E-state index contributed by atoms with van der Waals surface area (Å²) in [6.45, 7) is 3.31. The summed E-state index contributed by atoms with van der Waals surface area (Å²) in [4.78, 5) is 22.4. The van der Waals surface area contributed by atoms with Crippen molar-refractivity contribution in [1.29, 1.82) is 0 Å². The van der Waals surface area contributed by atoms with E-state index in [4.69, 9.17) is 0 Å². The molecule has 2 N–H and O–H groups in total. The summed E-state index contributed by atoms with van der Waals surface area (Å²) < 4.78 is 0. The first-order chi connectivity index (χ1) is 7.01. The van der Waals surface area contributed by atoms with Gasteiger partial charge in [0.15, 0.2) is 0 Å². The molecule has 0 radical (unpaired) electrons. The molecule has 2 atom stereocenters. The van der Waals surface area contributed by atoms with E-state index in [1.807, 2.05) is 13.2 Å². The van der Waals surface area contributed by atoms with Crippen LogP contribution in [0.15, 0.2) is 0 Å². The Morgan fingerprint density at radius 1 is 1.40 bits per heavy atom. The molecular formula is C9H18N2O2S2. The first-order valence-corrected chi connectivity index (χ1v) is 6.71. The van der Waals surface area contributed by atoms with E-state index < -0.39 is 6.04 Å². The Morgan fingerprint density at radius 3 is 2.40 bits per heavy atom. The fourth-order valence-corrected chi connectivity index (χ4v) is 1.92. The average molecular weight is 250 g/mol. The average Bonchev–Trinajstić information content (AvgIpc) is 2.13. The van der Waals surface area contributed by atoms with Gasteiger partial charge in [-0.25, -0.2) is 0 Å². The van der Waals surface area contributed by atoms with Crippen LogP contribution in [0.4, 0.5) is 0 Å². The second kappa shape index (κ2) is 7.87. The highest BCUT2D eigenvalue weighted by Crippen LogP contribution is 1.97. The number of thioether (sulfide) groups is 1. The molecule has 0 heterocycles. The molecule has 0 aliphatic carbocycles. The molecule has 2 unspecified atom stereocenters. The number of carbonyl (C=O) groups is 2. The van der Waals surface area contributed by atoms with E-state index in [9.17, 15) is 9.59 Å². The molecule has 0 aliphatic heterocycles. The quantitative estimate of drug-likeness (QED) is 0.594. The normalized spacial score (nSPS) is 14.1. The molecule has 0 saturated carbocycles.